The van der Waals surface area contributed by atoms with Crippen molar-refractivity contribution in [3.8, 4) is 0 Å². The second-order valence-electron chi connectivity index (χ2n) is 5.84. The molecular formula is C15H22BrNO2S. The van der Waals surface area contributed by atoms with Crippen LogP contribution in [0.4, 0.5) is 0 Å². The molecule has 0 heterocycles. The summed E-state index contributed by atoms with van der Waals surface area (Å²) in [6.45, 7) is 4.08. The summed E-state index contributed by atoms with van der Waals surface area (Å²) in [5, 5.41) is 0. The lowest BCUT2D eigenvalue weighted by molar-refractivity contribution is 0.246. The quantitative estimate of drug-likeness (QED) is 0.818. The van der Waals surface area contributed by atoms with E-state index in [1.54, 1.807) is 17.4 Å². The molecule has 5 heteroatoms. The maximum Gasteiger partial charge on any atom is 0.243 e. The third-order valence-corrected chi connectivity index (χ3v) is 6.85. The van der Waals surface area contributed by atoms with Gasteiger partial charge in [0.15, 0.2) is 0 Å². The molecule has 0 aliphatic heterocycles. The topological polar surface area (TPSA) is 37.4 Å². The SMILES string of the molecule is Cc1ccc(Br)cc1S(=O)(=O)N(C)C1CCC(C)CC1. The van der Waals surface area contributed by atoms with Crippen LogP contribution in [-0.2, 0) is 10.0 Å². The monoisotopic (exact) mass is 359 g/mol. The average Bonchev–Trinajstić information content (AvgIpc) is 2.41. The number of aryl methyl sites for hydroxylation is 1. The Morgan fingerprint density at radius 3 is 2.40 bits per heavy atom. The summed E-state index contributed by atoms with van der Waals surface area (Å²) in [6.07, 6.45) is 4.15. The fraction of sp³-hybridized carbons (Fsp3) is 0.600. The molecule has 0 bridgehead atoms. The molecule has 0 saturated heterocycles. The molecule has 0 amide bonds. The van der Waals surface area contributed by atoms with E-state index in [0.717, 1.165) is 41.6 Å². The Morgan fingerprint density at radius 1 is 1.20 bits per heavy atom. The summed E-state index contributed by atoms with van der Waals surface area (Å²) < 4.78 is 28.0. The van der Waals surface area contributed by atoms with Gasteiger partial charge in [-0.05, 0) is 56.2 Å². The maximum atomic E-state index is 12.8. The third kappa shape index (κ3) is 3.26. The van der Waals surface area contributed by atoms with Crippen LogP contribution < -0.4 is 0 Å². The van der Waals surface area contributed by atoms with Gasteiger partial charge in [0.1, 0.15) is 0 Å². The third-order valence-electron chi connectivity index (χ3n) is 4.31. The van der Waals surface area contributed by atoms with Crippen LogP contribution in [0.3, 0.4) is 0 Å². The standard InChI is InChI=1S/C15H22BrNO2S/c1-11-4-8-14(9-5-11)17(3)20(18,19)15-10-13(16)7-6-12(15)2/h6-7,10-11,14H,4-5,8-9H2,1-3H3. The van der Waals surface area contributed by atoms with Gasteiger partial charge in [-0.2, -0.15) is 4.31 Å². The van der Waals surface area contributed by atoms with Gasteiger partial charge in [-0.3, -0.25) is 0 Å². The molecule has 0 aromatic heterocycles. The highest BCUT2D eigenvalue weighted by Gasteiger charge is 2.31. The van der Waals surface area contributed by atoms with Gasteiger partial charge in [0.2, 0.25) is 10.0 Å². The molecule has 2 rings (SSSR count). The largest absolute Gasteiger partial charge is 0.243 e. The van der Waals surface area contributed by atoms with Crippen molar-refractivity contribution in [3.63, 3.8) is 0 Å². The molecule has 112 valence electrons. The van der Waals surface area contributed by atoms with Crippen molar-refractivity contribution in [1.29, 1.82) is 0 Å². The molecule has 1 aliphatic carbocycles. The van der Waals surface area contributed by atoms with Crippen LogP contribution in [0.15, 0.2) is 27.6 Å². The van der Waals surface area contributed by atoms with E-state index in [2.05, 4.69) is 22.9 Å². The van der Waals surface area contributed by atoms with Gasteiger partial charge in [0.05, 0.1) is 4.90 Å². The van der Waals surface area contributed by atoms with Crippen molar-refractivity contribution in [1.82, 2.24) is 4.31 Å². The van der Waals surface area contributed by atoms with E-state index in [0.29, 0.717) is 4.90 Å². The molecule has 1 aliphatic rings. The van der Waals surface area contributed by atoms with Crippen molar-refractivity contribution in [2.24, 2.45) is 5.92 Å². The summed E-state index contributed by atoms with van der Waals surface area (Å²) in [6, 6.07) is 5.55. The first-order valence-electron chi connectivity index (χ1n) is 7.06. The minimum absolute atomic E-state index is 0.134. The Kier molecular flexibility index (Phi) is 4.92. The molecule has 1 fully saturated rings. The van der Waals surface area contributed by atoms with Crippen LogP contribution in [0.5, 0.6) is 0 Å². The van der Waals surface area contributed by atoms with Gasteiger partial charge in [0.25, 0.3) is 0 Å². The maximum absolute atomic E-state index is 12.8. The van der Waals surface area contributed by atoms with E-state index in [1.807, 2.05) is 19.1 Å². The molecule has 0 spiro atoms. The highest BCUT2D eigenvalue weighted by Crippen LogP contribution is 2.31. The number of hydrogen-bond donors (Lipinski definition) is 0. The summed E-state index contributed by atoms with van der Waals surface area (Å²) in [4.78, 5) is 0.410. The second kappa shape index (κ2) is 6.16. The van der Waals surface area contributed by atoms with Crippen molar-refractivity contribution in [2.45, 2.75) is 50.5 Å². The zero-order valence-corrected chi connectivity index (χ0v) is 14.7. The predicted molar refractivity (Wildman–Crippen MR) is 85.2 cm³/mol. The predicted octanol–water partition coefficient (Wildman–Crippen LogP) is 3.96. The van der Waals surface area contributed by atoms with E-state index in [9.17, 15) is 8.42 Å². The highest BCUT2D eigenvalue weighted by molar-refractivity contribution is 9.10. The van der Waals surface area contributed by atoms with Crippen molar-refractivity contribution in [2.75, 3.05) is 7.05 Å². The zero-order valence-electron chi connectivity index (χ0n) is 12.3. The fourth-order valence-electron chi connectivity index (χ4n) is 2.81. The molecule has 1 aromatic carbocycles. The lowest BCUT2D eigenvalue weighted by Crippen LogP contribution is -2.39. The highest BCUT2D eigenvalue weighted by atomic mass is 79.9. The molecule has 0 radical (unpaired) electrons. The van der Waals surface area contributed by atoms with E-state index < -0.39 is 10.0 Å². The minimum atomic E-state index is -3.41. The Hall–Kier alpha value is -0.390. The molecule has 20 heavy (non-hydrogen) atoms. The summed E-state index contributed by atoms with van der Waals surface area (Å²) in [5.41, 5.74) is 0.796. The van der Waals surface area contributed by atoms with Crippen molar-refractivity contribution >= 4 is 26.0 Å². The first-order chi connectivity index (χ1) is 9.32. The Bertz CT molecular complexity index is 578. The molecule has 0 unspecified atom stereocenters. The molecule has 0 N–H and O–H groups in total. The van der Waals surface area contributed by atoms with Crippen LogP contribution in [0.1, 0.15) is 38.2 Å². The van der Waals surface area contributed by atoms with E-state index in [1.165, 1.54) is 0 Å². The van der Waals surface area contributed by atoms with Gasteiger partial charge in [-0.25, -0.2) is 8.42 Å². The molecule has 1 saturated carbocycles. The van der Waals surface area contributed by atoms with Crippen LogP contribution in [0, 0.1) is 12.8 Å². The van der Waals surface area contributed by atoms with Crippen LogP contribution in [0.25, 0.3) is 0 Å². The molecule has 0 atom stereocenters. The van der Waals surface area contributed by atoms with E-state index in [-0.39, 0.29) is 6.04 Å². The molecular weight excluding hydrogens is 338 g/mol. The van der Waals surface area contributed by atoms with Crippen molar-refractivity contribution in [3.05, 3.63) is 28.2 Å². The molecule has 1 aromatic rings. The average molecular weight is 360 g/mol. The van der Waals surface area contributed by atoms with Gasteiger partial charge < -0.3 is 0 Å². The van der Waals surface area contributed by atoms with Crippen molar-refractivity contribution < 1.29 is 8.42 Å². The summed E-state index contributed by atoms with van der Waals surface area (Å²) in [7, 11) is -1.69. The number of nitrogens with zero attached hydrogens (tertiary/aromatic N) is 1. The van der Waals surface area contributed by atoms with Gasteiger partial charge in [-0.15, -0.1) is 0 Å². The number of sulfonamides is 1. The van der Waals surface area contributed by atoms with Gasteiger partial charge >= 0.3 is 0 Å². The molecule has 3 nitrogen and oxygen atoms in total. The summed E-state index contributed by atoms with van der Waals surface area (Å²) >= 11 is 3.36. The number of benzene rings is 1. The number of rotatable bonds is 3. The Labute approximate surface area is 130 Å². The van der Waals surface area contributed by atoms with E-state index >= 15 is 0 Å². The Morgan fingerprint density at radius 2 is 1.80 bits per heavy atom. The lowest BCUT2D eigenvalue weighted by atomic mass is 9.87. The van der Waals surface area contributed by atoms with Crippen LogP contribution in [-0.4, -0.2) is 25.8 Å². The van der Waals surface area contributed by atoms with Crippen LogP contribution in [0.2, 0.25) is 0 Å². The fourth-order valence-corrected chi connectivity index (χ4v) is 4.99. The zero-order chi connectivity index (χ0) is 14.9. The van der Waals surface area contributed by atoms with Crippen LogP contribution >= 0.6 is 15.9 Å². The normalized spacial score (nSPS) is 24.1. The first kappa shape index (κ1) is 16.0. The smallest absolute Gasteiger partial charge is 0.207 e. The second-order valence-corrected chi connectivity index (χ2v) is 8.73. The van der Waals surface area contributed by atoms with Gasteiger partial charge in [0, 0.05) is 17.6 Å². The minimum Gasteiger partial charge on any atom is -0.207 e. The number of hydrogen-bond acceptors (Lipinski definition) is 2. The van der Waals surface area contributed by atoms with Gasteiger partial charge in [-0.1, -0.05) is 28.9 Å². The lowest BCUT2D eigenvalue weighted by Gasteiger charge is -2.33. The van der Waals surface area contributed by atoms with E-state index in [4.69, 9.17) is 0 Å². The first-order valence-corrected chi connectivity index (χ1v) is 9.30. The number of halogens is 1. The Balaban J connectivity index is 2.27. The summed E-state index contributed by atoms with van der Waals surface area (Å²) in [5.74, 6) is 0.718.